The number of carbonyl (C=O) groups excluding carboxylic acids is 1. The number of nitrogens with zero attached hydrogens (tertiary/aromatic N) is 1. The molecule has 1 aliphatic heterocycles. The van der Waals surface area contributed by atoms with E-state index in [9.17, 15) is 4.79 Å². The summed E-state index contributed by atoms with van der Waals surface area (Å²) in [5.41, 5.74) is 1.68. The van der Waals surface area contributed by atoms with E-state index in [0.29, 0.717) is 31.2 Å². The van der Waals surface area contributed by atoms with Gasteiger partial charge in [0.05, 0.1) is 20.3 Å². The Bertz CT molecular complexity index is 697. The minimum Gasteiger partial charge on any atom is -0.497 e. The third-order valence-electron chi connectivity index (χ3n) is 4.03. The van der Waals surface area contributed by atoms with Crippen LogP contribution in [0.25, 0.3) is 0 Å². The normalized spacial score (nSPS) is 16.4. The smallest absolute Gasteiger partial charge is 0.251 e. The molecule has 6 heteroatoms. The van der Waals surface area contributed by atoms with E-state index >= 15 is 0 Å². The highest BCUT2D eigenvalue weighted by atomic mass is 16.5. The van der Waals surface area contributed by atoms with Crippen LogP contribution >= 0.6 is 0 Å². The van der Waals surface area contributed by atoms with E-state index in [1.165, 1.54) is 0 Å². The summed E-state index contributed by atoms with van der Waals surface area (Å²) in [5.74, 6) is 1.14. The van der Waals surface area contributed by atoms with Gasteiger partial charge in [0.1, 0.15) is 11.9 Å². The van der Waals surface area contributed by atoms with Crippen LogP contribution in [0.3, 0.4) is 0 Å². The monoisotopic (exact) mass is 342 g/mol. The van der Waals surface area contributed by atoms with E-state index in [0.717, 1.165) is 24.2 Å². The zero-order chi connectivity index (χ0) is 17.5. The molecule has 1 aromatic heterocycles. The number of carbonyl (C=O) groups is 1. The fourth-order valence-electron chi connectivity index (χ4n) is 2.61. The van der Waals surface area contributed by atoms with Gasteiger partial charge in [-0.3, -0.25) is 4.79 Å². The summed E-state index contributed by atoms with van der Waals surface area (Å²) >= 11 is 0. The number of methoxy groups -OCH3 is 1. The first-order valence-corrected chi connectivity index (χ1v) is 8.36. The standard InChI is InChI=1S/C19H22N2O4/c1-23-16-4-2-14(3-5-16)6-9-21-19(22)15-7-10-20-18(12-15)25-17-8-11-24-13-17/h2-5,7,10,12,17H,6,8-9,11,13H2,1H3,(H,21,22). The molecule has 6 nitrogen and oxygen atoms in total. The Hall–Kier alpha value is -2.60. The van der Waals surface area contributed by atoms with E-state index < -0.39 is 0 Å². The summed E-state index contributed by atoms with van der Waals surface area (Å²) in [7, 11) is 1.64. The molecule has 25 heavy (non-hydrogen) atoms. The van der Waals surface area contributed by atoms with Crippen LogP contribution in [0.5, 0.6) is 11.6 Å². The molecule has 0 spiro atoms. The second-order valence-electron chi connectivity index (χ2n) is 5.84. The molecule has 0 aliphatic carbocycles. The van der Waals surface area contributed by atoms with Crippen LogP contribution in [-0.2, 0) is 11.2 Å². The number of hydrogen-bond donors (Lipinski definition) is 1. The molecule has 0 radical (unpaired) electrons. The highest BCUT2D eigenvalue weighted by molar-refractivity contribution is 5.94. The Kier molecular flexibility index (Phi) is 5.85. The van der Waals surface area contributed by atoms with E-state index in [-0.39, 0.29) is 12.0 Å². The van der Waals surface area contributed by atoms with Gasteiger partial charge >= 0.3 is 0 Å². The summed E-state index contributed by atoms with van der Waals surface area (Å²) in [5, 5.41) is 2.92. The van der Waals surface area contributed by atoms with Crippen LogP contribution in [0.15, 0.2) is 42.6 Å². The van der Waals surface area contributed by atoms with E-state index in [1.807, 2.05) is 24.3 Å². The van der Waals surface area contributed by atoms with Crippen molar-refractivity contribution in [2.45, 2.75) is 18.9 Å². The van der Waals surface area contributed by atoms with Crippen molar-refractivity contribution in [2.24, 2.45) is 0 Å². The van der Waals surface area contributed by atoms with Gasteiger partial charge in [0.25, 0.3) is 5.91 Å². The number of hydrogen-bond acceptors (Lipinski definition) is 5. The van der Waals surface area contributed by atoms with Gasteiger partial charge in [-0.2, -0.15) is 0 Å². The lowest BCUT2D eigenvalue weighted by Crippen LogP contribution is -2.26. The zero-order valence-electron chi connectivity index (χ0n) is 14.2. The Balaban J connectivity index is 1.50. The highest BCUT2D eigenvalue weighted by Crippen LogP contribution is 2.16. The van der Waals surface area contributed by atoms with E-state index in [1.54, 1.807) is 25.4 Å². The van der Waals surface area contributed by atoms with Crippen LogP contribution in [0, 0.1) is 0 Å². The van der Waals surface area contributed by atoms with Crippen molar-refractivity contribution in [1.29, 1.82) is 0 Å². The molecule has 1 amide bonds. The van der Waals surface area contributed by atoms with Gasteiger partial charge in [0.2, 0.25) is 5.88 Å². The Morgan fingerprint density at radius 2 is 2.16 bits per heavy atom. The summed E-state index contributed by atoms with van der Waals surface area (Å²) in [6.45, 7) is 1.83. The maximum absolute atomic E-state index is 12.3. The van der Waals surface area contributed by atoms with Gasteiger partial charge in [0.15, 0.2) is 0 Å². The van der Waals surface area contributed by atoms with E-state index in [4.69, 9.17) is 14.2 Å². The zero-order valence-corrected chi connectivity index (χ0v) is 14.2. The molecular weight excluding hydrogens is 320 g/mol. The molecule has 1 aromatic carbocycles. The average molecular weight is 342 g/mol. The molecule has 1 saturated heterocycles. The Labute approximate surface area is 147 Å². The predicted molar refractivity (Wildman–Crippen MR) is 93.1 cm³/mol. The minimum atomic E-state index is -0.136. The number of aromatic nitrogens is 1. The first kappa shape index (κ1) is 17.2. The van der Waals surface area contributed by atoms with Gasteiger partial charge < -0.3 is 19.5 Å². The van der Waals surface area contributed by atoms with Crippen LogP contribution < -0.4 is 14.8 Å². The van der Waals surface area contributed by atoms with Crippen LogP contribution in [-0.4, -0.2) is 43.9 Å². The maximum Gasteiger partial charge on any atom is 0.251 e. The second kappa shape index (κ2) is 8.48. The Morgan fingerprint density at radius 1 is 1.32 bits per heavy atom. The predicted octanol–water partition coefficient (Wildman–Crippen LogP) is 2.23. The third kappa shape index (κ3) is 4.93. The van der Waals surface area contributed by atoms with Crippen molar-refractivity contribution in [3.63, 3.8) is 0 Å². The molecule has 1 N–H and O–H groups in total. The van der Waals surface area contributed by atoms with Crippen molar-refractivity contribution < 1.29 is 19.0 Å². The number of rotatable bonds is 7. The molecule has 3 rings (SSSR count). The van der Waals surface area contributed by atoms with Crippen LogP contribution in [0.4, 0.5) is 0 Å². The fraction of sp³-hybridized carbons (Fsp3) is 0.368. The Morgan fingerprint density at radius 3 is 2.88 bits per heavy atom. The molecule has 2 aromatic rings. The van der Waals surface area contributed by atoms with Crippen molar-refractivity contribution in [2.75, 3.05) is 26.9 Å². The largest absolute Gasteiger partial charge is 0.497 e. The number of pyridine rings is 1. The van der Waals surface area contributed by atoms with Crippen molar-refractivity contribution in [1.82, 2.24) is 10.3 Å². The van der Waals surface area contributed by atoms with Crippen molar-refractivity contribution >= 4 is 5.91 Å². The summed E-state index contributed by atoms with van der Waals surface area (Å²) in [4.78, 5) is 16.4. The average Bonchev–Trinajstić information content (AvgIpc) is 3.15. The second-order valence-corrected chi connectivity index (χ2v) is 5.84. The molecule has 2 heterocycles. The maximum atomic E-state index is 12.3. The summed E-state index contributed by atoms with van der Waals surface area (Å²) in [6.07, 6.45) is 3.20. The quantitative estimate of drug-likeness (QED) is 0.836. The van der Waals surface area contributed by atoms with Gasteiger partial charge in [0, 0.05) is 30.8 Å². The molecular formula is C19H22N2O4. The first-order chi connectivity index (χ1) is 12.2. The summed E-state index contributed by atoms with van der Waals surface area (Å²) < 4.78 is 16.1. The minimum absolute atomic E-state index is 0.0147. The SMILES string of the molecule is COc1ccc(CCNC(=O)c2ccnc(OC3CCOC3)c2)cc1. The lowest BCUT2D eigenvalue weighted by atomic mass is 10.1. The molecule has 132 valence electrons. The first-order valence-electron chi connectivity index (χ1n) is 8.36. The molecule has 1 unspecified atom stereocenters. The number of benzene rings is 1. The molecule has 0 bridgehead atoms. The lowest BCUT2D eigenvalue weighted by Gasteiger charge is -2.11. The van der Waals surface area contributed by atoms with Crippen LogP contribution in [0.2, 0.25) is 0 Å². The molecule has 1 aliphatic rings. The van der Waals surface area contributed by atoms with E-state index in [2.05, 4.69) is 10.3 Å². The molecule has 1 atom stereocenters. The third-order valence-corrected chi connectivity index (χ3v) is 4.03. The summed E-state index contributed by atoms with van der Waals surface area (Å²) in [6, 6.07) is 11.2. The number of nitrogens with one attached hydrogen (secondary N) is 1. The molecule has 0 saturated carbocycles. The lowest BCUT2D eigenvalue weighted by molar-refractivity contribution is 0.0952. The topological polar surface area (TPSA) is 69.7 Å². The number of amides is 1. The van der Waals surface area contributed by atoms with Crippen molar-refractivity contribution in [3.05, 3.63) is 53.7 Å². The van der Waals surface area contributed by atoms with Crippen molar-refractivity contribution in [3.8, 4) is 11.6 Å². The number of ether oxygens (including phenoxy) is 3. The van der Waals surface area contributed by atoms with Gasteiger partial charge in [-0.25, -0.2) is 4.98 Å². The molecule has 1 fully saturated rings. The van der Waals surface area contributed by atoms with Crippen LogP contribution in [0.1, 0.15) is 22.3 Å². The highest BCUT2D eigenvalue weighted by Gasteiger charge is 2.18. The van der Waals surface area contributed by atoms with Gasteiger partial charge in [-0.15, -0.1) is 0 Å². The fourth-order valence-corrected chi connectivity index (χ4v) is 2.61. The van der Waals surface area contributed by atoms with Gasteiger partial charge in [-0.1, -0.05) is 12.1 Å². The van der Waals surface area contributed by atoms with Gasteiger partial charge in [-0.05, 0) is 30.2 Å².